The highest BCUT2D eigenvalue weighted by Gasteiger charge is 2.15. The molecule has 1 heterocycles. The Morgan fingerprint density at radius 3 is 2.74 bits per heavy atom. The normalized spacial score (nSPS) is 10.4. The molecule has 0 bridgehead atoms. The Hall–Kier alpha value is -2.35. The summed E-state index contributed by atoms with van der Waals surface area (Å²) < 4.78 is 5.07. The van der Waals surface area contributed by atoms with Gasteiger partial charge in [-0.05, 0) is 24.5 Å². The van der Waals surface area contributed by atoms with Crippen molar-refractivity contribution in [2.45, 2.75) is 4.90 Å². The fourth-order valence-electron chi connectivity index (χ4n) is 2.22. The van der Waals surface area contributed by atoms with E-state index >= 15 is 0 Å². The summed E-state index contributed by atoms with van der Waals surface area (Å²) in [6, 6.07) is 14.7. The maximum Gasteiger partial charge on any atom is 0.340 e. The third kappa shape index (κ3) is 5.09. The lowest BCUT2D eigenvalue weighted by molar-refractivity contribution is -0.119. The van der Waals surface area contributed by atoms with Crippen LogP contribution in [0.15, 0.2) is 58.8 Å². The molecule has 1 aromatic heterocycles. The molecule has 3 rings (SSSR count). The topological polar surface area (TPSA) is 68.3 Å². The minimum Gasteiger partial charge on any atom is -0.452 e. The summed E-state index contributed by atoms with van der Waals surface area (Å²) in [6.45, 7) is -0.418. The second-order valence-electron chi connectivity index (χ2n) is 5.37. The molecule has 0 aliphatic heterocycles. The Labute approximate surface area is 169 Å². The third-order valence-corrected chi connectivity index (χ3v) is 5.36. The molecule has 0 radical (unpaired) electrons. The number of amides is 1. The fraction of sp³-hybridized carbons (Fsp3) is 0.105. The maximum atomic E-state index is 12.2. The minimum atomic E-state index is -0.643. The average Bonchev–Trinajstić information content (AvgIpc) is 3.15. The van der Waals surface area contributed by atoms with Crippen LogP contribution in [0.1, 0.15) is 10.4 Å². The zero-order valence-electron chi connectivity index (χ0n) is 14.3. The Kier molecular flexibility index (Phi) is 6.49. The van der Waals surface area contributed by atoms with Gasteiger partial charge in [-0.3, -0.25) is 10.1 Å². The summed E-state index contributed by atoms with van der Waals surface area (Å²) >= 11 is 8.82. The number of carbonyl (C=O) groups excluding carboxylic acids is 2. The van der Waals surface area contributed by atoms with Crippen LogP contribution in [-0.2, 0) is 9.53 Å². The van der Waals surface area contributed by atoms with Crippen molar-refractivity contribution < 1.29 is 14.3 Å². The van der Waals surface area contributed by atoms with E-state index < -0.39 is 18.5 Å². The molecule has 0 saturated heterocycles. The second-order valence-corrected chi connectivity index (χ2v) is 7.52. The lowest BCUT2D eigenvalue weighted by atomic mass is 10.2. The van der Waals surface area contributed by atoms with Crippen LogP contribution in [0.3, 0.4) is 0 Å². The van der Waals surface area contributed by atoms with Crippen LogP contribution in [0.4, 0.5) is 5.13 Å². The second kappa shape index (κ2) is 9.03. The first kappa shape index (κ1) is 19.4. The van der Waals surface area contributed by atoms with Crippen molar-refractivity contribution in [1.29, 1.82) is 0 Å². The summed E-state index contributed by atoms with van der Waals surface area (Å²) in [5.41, 5.74) is 1.97. The van der Waals surface area contributed by atoms with E-state index in [1.54, 1.807) is 12.1 Å². The quantitative estimate of drug-likeness (QED) is 0.451. The zero-order chi connectivity index (χ0) is 19.2. The van der Waals surface area contributed by atoms with Crippen LogP contribution in [0, 0.1) is 0 Å². The molecule has 1 N–H and O–H groups in total. The Morgan fingerprint density at radius 2 is 2.00 bits per heavy atom. The number of benzene rings is 2. The lowest BCUT2D eigenvalue weighted by Crippen LogP contribution is -2.21. The molecule has 5 nitrogen and oxygen atoms in total. The number of aromatic nitrogens is 1. The fourth-order valence-corrected chi connectivity index (χ4v) is 3.60. The molecular weight excluding hydrogens is 404 g/mol. The van der Waals surface area contributed by atoms with Gasteiger partial charge in [0.25, 0.3) is 5.91 Å². The molecule has 0 spiro atoms. The van der Waals surface area contributed by atoms with Crippen molar-refractivity contribution in [2.75, 3.05) is 18.2 Å². The monoisotopic (exact) mass is 418 g/mol. The van der Waals surface area contributed by atoms with Crippen molar-refractivity contribution in [1.82, 2.24) is 4.98 Å². The van der Waals surface area contributed by atoms with E-state index in [1.807, 2.05) is 48.0 Å². The van der Waals surface area contributed by atoms with E-state index in [1.165, 1.54) is 23.1 Å². The Balaban J connectivity index is 1.57. The average molecular weight is 419 g/mol. The number of hydrogen-bond acceptors (Lipinski definition) is 6. The number of anilines is 1. The van der Waals surface area contributed by atoms with E-state index in [9.17, 15) is 9.59 Å². The van der Waals surface area contributed by atoms with Crippen molar-refractivity contribution >= 4 is 51.7 Å². The van der Waals surface area contributed by atoms with Crippen LogP contribution in [0.5, 0.6) is 0 Å². The molecule has 8 heteroatoms. The Morgan fingerprint density at radius 1 is 1.22 bits per heavy atom. The summed E-state index contributed by atoms with van der Waals surface area (Å²) in [4.78, 5) is 29.5. The predicted molar refractivity (Wildman–Crippen MR) is 110 cm³/mol. The van der Waals surface area contributed by atoms with Gasteiger partial charge in [0.1, 0.15) is 0 Å². The molecule has 0 aliphatic carbocycles. The Bertz CT molecular complexity index is 961. The van der Waals surface area contributed by atoms with Gasteiger partial charge in [0.05, 0.1) is 16.3 Å². The van der Waals surface area contributed by atoms with Crippen molar-refractivity contribution in [3.05, 3.63) is 64.5 Å². The van der Waals surface area contributed by atoms with Crippen LogP contribution in [0.2, 0.25) is 5.02 Å². The van der Waals surface area contributed by atoms with E-state index in [2.05, 4.69) is 10.3 Å². The summed E-state index contributed by atoms with van der Waals surface area (Å²) in [6.07, 6.45) is 1.89. The van der Waals surface area contributed by atoms with Gasteiger partial charge in [-0.2, -0.15) is 0 Å². The van der Waals surface area contributed by atoms with E-state index in [0.29, 0.717) is 5.13 Å². The van der Waals surface area contributed by atoms with Crippen molar-refractivity contribution in [3.63, 3.8) is 0 Å². The molecule has 0 unspecified atom stereocenters. The summed E-state index contributed by atoms with van der Waals surface area (Å²) in [7, 11) is 0. The highest BCUT2D eigenvalue weighted by molar-refractivity contribution is 7.98. The standard InChI is InChI=1S/C19H15ClN2O3S2/c1-26-13-7-8-15(20)14(9-13)18(24)25-10-17(23)22-19-21-16(11-27-19)12-5-3-2-4-6-12/h2-9,11H,10H2,1H3,(H,21,22,23). The molecular formula is C19H15ClN2O3S2. The molecule has 138 valence electrons. The van der Waals surface area contributed by atoms with E-state index in [0.717, 1.165) is 16.2 Å². The van der Waals surface area contributed by atoms with E-state index in [-0.39, 0.29) is 10.6 Å². The first-order chi connectivity index (χ1) is 13.1. The smallest absolute Gasteiger partial charge is 0.340 e. The molecule has 0 atom stereocenters. The third-order valence-electron chi connectivity index (χ3n) is 3.55. The first-order valence-corrected chi connectivity index (χ1v) is 10.4. The number of halogens is 1. The number of thioether (sulfide) groups is 1. The number of thiazole rings is 1. The number of ether oxygens (including phenoxy) is 1. The van der Waals surface area contributed by atoms with Gasteiger partial charge < -0.3 is 4.74 Å². The highest BCUT2D eigenvalue weighted by Crippen LogP contribution is 2.25. The van der Waals surface area contributed by atoms with Crippen LogP contribution in [0.25, 0.3) is 11.3 Å². The minimum absolute atomic E-state index is 0.233. The number of rotatable bonds is 6. The van der Waals surface area contributed by atoms with Crippen molar-refractivity contribution in [2.24, 2.45) is 0 Å². The maximum absolute atomic E-state index is 12.2. The number of nitrogens with zero attached hydrogens (tertiary/aromatic N) is 1. The summed E-state index contributed by atoms with van der Waals surface area (Å²) in [5, 5.41) is 5.21. The largest absolute Gasteiger partial charge is 0.452 e. The van der Waals surface area contributed by atoms with Gasteiger partial charge in [-0.25, -0.2) is 9.78 Å². The van der Waals surface area contributed by atoms with Crippen molar-refractivity contribution in [3.8, 4) is 11.3 Å². The van der Waals surface area contributed by atoms with Gasteiger partial charge >= 0.3 is 5.97 Å². The molecule has 1 amide bonds. The van der Waals surface area contributed by atoms with Gasteiger partial charge in [0, 0.05) is 15.8 Å². The van der Waals surface area contributed by atoms with Crippen LogP contribution in [-0.4, -0.2) is 29.7 Å². The SMILES string of the molecule is CSc1ccc(Cl)c(C(=O)OCC(=O)Nc2nc(-c3ccccc3)cs2)c1. The molecule has 0 aliphatic rings. The number of nitrogens with one attached hydrogen (secondary N) is 1. The first-order valence-electron chi connectivity index (χ1n) is 7.88. The van der Waals surface area contributed by atoms with Gasteiger partial charge in [-0.1, -0.05) is 41.9 Å². The summed E-state index contributed by atoms with van der Waals surface area (Å²) in [5.74, 6) is -1.11. The number of carbonyl (C=O) groups is 2. The van der Waals surface area contributed by atoms with Gasteiger partial charge in [-0.15, -0.1) is 23.1 Å². The highest BCUT2D eigenvalue weighted by atomic mass is 35.5. The lowest BCUT2D eigenvalue weighted by Gasteiger charge is -2.07. The van der Waals surface area contributed by atoms with Gasteiger partial charge in [0.2, 0.25) is 0 Å². The van der Waals surface area contributed by atoms with Gasteiger partial charge in [0.15, 0.2) is 11.7 Å². The number of hydrogen-bond donors (Lipinski definition) is 1. The molecule has 0 saturated carbocycles. The molecule has 3 aromatic rings. The predicted octanol–water partition coefficient (Wildman–Crippen LogP) is 4.98. The number of esters is 1. The molecule has 2 aromatic carbocycles. The van der Waals surface area contributed by atoms with Crippen LogP contribution < -0.4 is 5.32 Å². The van der Waals surface area contributed by atoms with E-state index in [4.69, 9.17) is 16.3 Å². The molecule has 0 fully saturated rings. The van der Waals surface area contributed by atoms with Crippen LogP contribution >= 0.6 is 34.7 Å². The zero-order valence-corrected chi connectivity index (χ0v) is 16.7. The molecule has 27 heavy (non-hydrogen) atoms.